The summed E-state index contributed by atoms with van der Waals surface area (Å²) < 4.78 is 41.2. The summed E-state index contributed by atoms with van der Waals surface area (Å²) in [4.78, 5) is 16.5. The van der Waals surface area contributed by atoms with Gasteiger partial charge in [0.2, 0.25) is 11.0 Å². The SMILES string of the molecule is O=C(O)C1CC2CCCCC2N1c1nc(C(F)(F)F)ns1. The van der Waals surface area contributed by atoms with Gasteiger partial charge in [-0.1, -0.05) is 12.8 Å². The first-order chi connectivity index (χ1) is 9.88. The summed E-state index contributed by atoms with van der Waals surface area (Å²) in [6.07, 6.45) is -0.383. The van der Waals surface area contributed by atoms with Gasteiger partial charge in [0.15, 0.2) is 0 Å². The number of halogens is 3. The zero-order valence-corrected chi connectivity index (χ0v) is 11.8. The average molecular weight is 321 g/mol. The fourth-order valence-electron chi connectivity index (χ4n) is 3.39. The Balaban J connectivity index is 1.93. The second kappa shape index (κ2) is 5.11. The number of aliphatic carboxylic acids is 1. The number of hydrogen-bond acceptors (Lipinski definition) is 5. The number of rotatable bonds is 2. The zero-order chi connectivity index (χ0) is 15.2. The Morgan fingerprint density at radius 2 is 2.05 bits per heavy atom. The number of alkyl halides is 3. The van der Waals surface area contributed by atoms with Crippen LogP contribution in [0.15, 0.2) is 0 Å². The van der Waals surface area contributed by atoms with Gasteiger partial charge >= 0.3 is 12.1 Å². The summed E-state index contributed by atoms with van der Waals surface area (Å²) in [7, 11) is 0. The van der Waals surface area contributed by atoms with Crippen LogP contribution in [0.25, 0.3) is 0 Å². The molecule has 0 amide bonds. The highest BCUT2D eigenvalue weighted by atomic mass is 32.1. The molecule has 1 aromatic heterocycles. The van der Waals surface area contributed by atoms with Crippen LogP contribution in [0.2, 0.25) is 0 Å². The van der Waals surface area contributed by atoms with Crippen molar-refractivity contribution in [2.45, 2.75) is 50.4 Å². The molecule has 0 spiro atoms. The van der Waals surface area contributed by atoms with E-state index < -0.39 is 24.0 Å². The second-order valence-corrected chi connectivity index (χ2v) is 6.24. The normalized spacial score (nSPS) is 29.5. The van der Waals surface area contributed by atoms with Gasteiger partial charge in [-0.3, -0.25) is 0 Å². The highest BCUT2D eigenvalue weighted by Crippen LogP contribution is 2.43. The van der Waals surface area contributed by atoms with E-state index in [0.717, 1.165) is 25.7 Å². The predicted molar refractivity (Wildman–Crippen MR) is 69.2 cm³/mol. The molecule has 1 saturated heterocycles. The van der Waals surface area contributed by atoms with Crippen LogP contribution in [0.4, 0.5) is 18.3 Å². The minimum absolute atomic E-state index is 0.0334. The lowest BCUT2D eigenvalue weighted by Gasteiger charge is -2.32. The molecule has 3 unspecified atom stereocenters. The van der Waals surface area contributed by atoms with E-state index in [2.05, 4.69) is 9.36 Å². The molecule has 5 nitrogen and oxygen atoms in total. The molecule has 0 radical (unpaired) electrons. The van der Waals surface area contributed by atoms with Crippen molar-refractivity contribution in [2.24, 2.45) is 5.92 Å². The standard InChI is InChI=1S/C12H14F3N3O2S/c13-12(14,15)10-16-11(21-17-10)18-7-4-2-1-3-6(7)5-8(18)9(19)20/h6-8H,1-5H2,(H,19,20). The lowest BCUT2D eigenvalue weighted by Crippen LogP contribution is -2.42. The van der Waals surface area contributed by atoms with Crippen LogP contribution < -0.4 is 4.90 Å². The van der Waals surface area contributed by atoms with E-state index in [1.165, 1.54) is 0 Å². The van der Waals surface area contributed by atoms with Gasteiger partial charge in [-0.15, -0.1) is 0 Å². The molecule has 2 fully saturated rings. The van der Waals surface area contributed by atoms with Crippen LogP contribution in [0.3, 0.4) is 0 Å². The van der Waals surface area contributed by atoms with Crippen LogP contribution >= 0.6 is 11.5 Å². The Morgan fingerprint density at radius 1 is 1.33 bits per heavy atom. The molecule has 2 heterocycles. The third-order valence-electron chi connectivity index (χ3n) is 4.26. The van der Waals surface area contributed by atoms with E-state index in [-0.39, 0.29) is 17.1 Å². The number of nitrogens with zero attached hydrogens (tertiary/aromatic N) is 3. The summed E-state index contributed by atoms with van der Waals surface area (Å²) in [6, 6.07) is -0.832. The molecule has 3 rings (SSSR count). The van der Waals surface area contributed by atoms with E-state index in [4.69, 9.17) is 0 Å². The zero-order valence-electron chi connectivity index (χ0n) is 11.0. The van der Waals surface area contributed by atoms with Crippen LogP contribution in [0, 0.1) is 5.92 Å². The summed E-state index contributed by atoms with van der Waals surface area (Å²) in [6.45, 7) is 0. The van der Waals surface area contributed by atoms with E-state index in [0.29, 0.717) is 18.0 Å². The van der Waals surface area contributed by atoms with Crippen LogP contribution in [-0.4, -0.2) is 32.5 Å². The predicted octanol–water partition coefficient (Wildman–Crippen LogP) is 2.78. The Morgan fingerprint density at radius 3 is 2.67 bits per heavy atom. The van der Waals surface area contributed by atoms with Crippen molar-refractivity contribution < 1.29 is 23.1 Å². The molecule has 0 bridgehead atoms. The number of hydrogen-bond donors (Lipinski definition) is 1. The first-order valence-electron chi connectivity index (χ1n) is 6.80. The average Bonchev–Trinajstić information content (AvgIpc) is 3.01. The lowest BCUT2D eigenvalue weighted by molar-refractivity contribution is -0.144. The smallest absolute Gasteiger partial charge is 0.452 e. The van der Waals surface area contributed by atoms with Crippen molar-refractivity contribution in [3.05, 3.63) is 5.82 Å². The fraction of sp³-hybridized carbons (Fsp3) is 0.750. The minimum Gasteiger partial charge on any atom is -0.480 e. The first kappa shape index (κ1) is 14.6. The summed E-state index contributed by atoms with van der Waals surface area (Å²) in [5.41, 5.74) is 0. The molecule has 9 heteroatoms. The largest absolute Gasteiger partial charge is 0.480 e. The van der Waals surface area contributed by atoms with E-state index in [9.17, 15) is 23.1 Å². The number of anilines is 1. The molecular weight excluding hydrogens is 307 g/mol. The molecule has 1 N–H and O–H groups in total. The topological polar surface area (TPSA) is 66.3 Å². The molecule has 1 aromatic rings. The third-order valence-corrected chi connectivity index (χ3v) is 4.99. The molecule has 116 valence electrons. The van der Waals surface area contributed by atoms with Crippen molar-refractivity contribution in [1.29, 1.82) is 0 Å². The molecule has 21 heavy (non-hydrogen) atoms. The Hall–Kier alpha value is -1.38. The van der Waals surface area contributed by atoms with Crippen molar-refractivity contribution in [3.63, 3.8) is 0 Å². The number of fused-ring (bicyclic) bond motifs is 1. The van der Waals surface area contributed by atoms with Gasteiger partial charge in [0.1, 0.15) is 6.04 Å². The summed E-state index contributed by atoms with van der Waals surface area (Å²) in [5, 5.41) is 9.42. The summed E-state index contributed by atoms with van der Waals surface area (Å²) in [5.74, 6) is -1.97. The minimum atomic E-state index is -4.60. The number of carboxylic acid groups (broad SMARTS) is 1. The Kier molecular flexibility index (Phi) is 3.54. The number of carbonyl (C=O) groups is 1. The molecule has 3 atom stereocenters. The second-order valence-electron chi connectivity index (χ2n) is 5.51. The Bertz CT molecular complexity index is 548. The maximum Gasteiger partial charge on any atom is 0.452 e. The van der Waals surface area contributed by atoms with Crippen molar-refractivity contribution in [3.8, 4) is 0 Å². The molecular formula is C12H14F3N3O2S. The van der Waals surface area contributed by atoms with Crippen LogP contribution in [0.1, 0.15) is 37.9 Å². The van der Waals surface area contributed by atoms with E-state index >= 15 is 0 Å². The van der Waals surface area contributed by atoms with Gasteiger partial charge in [0.25, 0.3) is 0 Å². The van der Waals surface area contributed by atoms with Gasteiger partial charge in [-0.25, -0.2) is 4.79 Å². The quantitative estimate of drug-likeness (QED) is 0.907. The Labute approximate surface area is 123 Å². The number of aromatic nitrogens is 2. The molecule has 1 saturated carbocycles. The highest BCUT2D eigenvalue weighted by Gasteiger charge is 2.47. The maximum absolute atomic E-state index is 12.6. The molecule has 0 aromatic carbocycles. The van der Waals surface area contributed by atoms with Crippen molar-refractivity contribution in [2.75, 3.05) is 4.90 Å². The first-order valence-corrected chi connectivity index (χ1v) is 7.57. The van der Waals surface area contributed by atoms with Gasteiger partial charge in [0, 0.05) is 17.6 Å². The molecule has 2 aliphatic rings. The van der Waals surface area contributed by atoms with Crippen LogP contribution in [-0.2, 0) is 11.0 Å². The monoisotopic (exact) mass is 321 g/mol. The highest BCUT2D eigenvalue weighted by molar-refractivity contribution is 7.09. The maximum atomic E-state index is 12.6. The number of carboxylic acids is 1. The lowest BCUT2D eigenvalue weighted by atomic mass is 9.85. The van der Waals surface area contributed by atoms with Gasteiger partial charge < -0.3 is 10.0 Å². The van der Waals surface area contributed by atoms with Gasteiger partial charge in [0.05, 0.1) is 0 Å². The van der Waals surface area contributed by atoms with E-state index in [1.54, 1.807) is 4.90 Å². The molecule has 1 aliphatic heterocycles. The van der Waals surface area contributed by atoms with Gasteiger partial charge in [-0.2, -0.15) is 22.5 Å². The van der Waals surface area contributed by atoms with Crippen molar-refractivity contribution >= 4 is 22.6 Å². The van der Waals surface area contributed by atoms with Crippen molar-refractivity contribution in [1.82, 2.24) is 9.36 Å². The fourth-order valence-corrected chi connectivity index (χ4v) is 4.19. The van der Waals surface area contributed by atoms with Crippen LogP contribution in [0.5, 0.6) is 0 Å². The molecule has 1 aliphatic carbocycles. The van der Waals surface area contributed by atoms with E-state index in [1.807, 2.05) is 0 Å². The van der Waals surface area contributed by atoms with Gasteiger partial charge in [-0.05, 0) is 25.2 Å². The summed E-state index contributed by atoms with van der Waals surface area (Å²) >= 11 is 0.632. The third kappa shape index (κ3) is 2.58.